The van der Waals surface area contributed by atoms with E-state index in [1.165, 1.54) is 25.7 Å². The van der Waals surface area contributed by atoms with Gasteiger partial charge in [-0.15, -0.1) is 0 Å². The third-order valence-corrected chi connectivity index (χ3v) is 4.09. The fraction of sp³-hybridized carbons (Fsp3) is 1.00. The lowest BCUT2D eigenvalue weighted by Gasteiger charge is -2.35. The van der Waals surface area contributed by atoms with Crippen LogP contribution in [0, 0.1) is 5.92 Å². The van der Waals surface area contributed by atoms with Crippen LogP contribution in [0.25, 0.3) is 0 Å². The molecule has 1 atom stereocenters. The van der Waals surface area contributed by atoms with Crippen LogP contribution < -0.4 is 5.32 Å². The van der Waals surface area contributed by atoms with Crippen molar-refractivity contribution in [1.29, 1.82) is 0 Å². The summed E-state index contributed by atoms with van der Waals surface area (Å²) in [5.41, 5.74) is 0. The summed E-state index contributed by atoms with van der Waals surface area (Å²) in [4.78, 5) is 2.43. The van der Waals surface area contributed by atoms with Crippen LogP contribution in [0.15, 0.2) is 0 Å². The van der Waals surface area contributed by atoms with Crippen LogP contribution in [0.3, 0.4) is 0 Å². The Kier molecular flexibility index (Phi) is 7.30. The Morgan fingerprint density at radius 2 is 1.75 bits per heavy atom. The molecule has 1 aliphatic carbocycles. The first-order valence-electron chi connectivity index (χ1n) is 7.83. The van der Waals surface area contributed by atoms with Gasteiger partial charge in [0.05, 0.1) is 6.54 Å². The van der Waals surface area contributed by atoms with E-state index in [9.17, 15) is 13.2 Å². The molecule has 1 rings (SSSR count). The SMILES string of the molecule is CC(C)CCN(C(C)CNCC(F)(F)F)C1CCCC1. The Bertz CT molecular complexity index is 260. The van der Waals surface area contributed by atoms with Gasteiger partial charge in [0.2, 0.25) is 0 Å². The van der Waals surface area contributed by atoms with Gasteiger partial charge in [-0.25, -0.2) is 0 Å². The smallest absolute Gasteiger partial charge is 0.307 e. The molecular formula is C15H29F3N2. The summed E-state index contributed by atoms with van der Waals surface area (Å²) in [6.07, 6.45) is 1.90. The van der Waals surface area contributed by atoms with Gasteiger partial charge in [-0.1, -0.05) is 26.7 Å². The first-order valence-corrected chi connectivity index (χ1v) is 7.83. The summed E-state index contributed by atoms with van der Waals surface area (Å²) in [7, 11) is 0. The van der Waals surface area contributed by atoms with Gasteiger partial charge in [0.25, 0.3) is 0 Å². The van der Waals surface area contributed by atoms with Crippen molar-refractivity contribution in [3.63, 3.8) is 0 Å². The van der Waals surface area contributed by atoms with Crippen molar-refractivity contribution in [1.82, 2.24) is 10.2 Å². The molecule has 1 fully saturated rings. The Morgan fingerprint density at radius 1 is 1.15 bits per heavy atom. The minimum absolute atomic E-state index is 0.166. The van der Waals surface area contributed by atoms with Crippen molar-refractivity contribution in [2.75, 3.05) is 19.6 Å². The average molecular weight is 294 g/mol. The second-order valence-corrected chi connectivity index (χ2v) is 6.45. The molecule has 1 aliphatic rings. The molecule has 0 heterocycles. The van der Waals surface area contributed by atoms with Crippen molar-refractivity contribution in [3.05, 3.63) is 0 Å². The molecular weight excluding hydrogens is 265 g/mol. The number of hydrogen-bond acceptors (Lipinski definition) is 2. The number of hydrogen-bond donors (Lipinski definition) is 1. The zero-order chi connectivity index (χ0) is 15.2. The summed E-state index contributed by atoms with van der Waals surface area (Å²) < 4.78 is 36.6. The van der Waals surface area contributed by atoms with Gasteiger partial charge in [0.15, 0.2) is 0 Å². The van der Waals surface area contributed by atoms with Gasteiger partial charge >= 0.3 is 6.18 Å². The third kappa shape index (κ3) is 6.93. The predicted octanol–water partition coefficient (Wildman–Crippen LogP) is 3.82. The Balaban J connectivity index is 2.43. The Hall–Kier alpha value is -0.290. The maximum atomic E-state index is 12.2. The largest absolute Gasteiger partial charge is 0.401 e. The number of alkyl halides is 3. The van der Waals surface area contributed by atoms with Gasteiger partial charge in [-0.05, 0) is 38.6 Å². The Labute approximate surface area is 121 Å². The van der Waals surface area contributed by atoms with Crippen LogP contribution in [-0.4, -0.2) is 42.8 Å². The molecule has 0 aromatic rings. The molecule has 5 heteroatoms. The summed E-state index contributed by atoms with van der Waals surface area (Å²) in [6, 6.07) is 0.732. The van der Waals surface area contributed by atoms with E-state index < -0.39 is 12.7 Å². The summed E-state index contributed by atoms with van der Waals surface area (Å²) in [6.45, 7) is 6.95. The van der Waals surface area contributed by atoms with Crippen molar-refractivity contribution < 1.29 is 13.2 Å². The molecule has 0 saturated heterocycles. The molecule has 1 unspecified atom stereocenters. The van der Waals surface area contributed by atoms with E-state index in [0.29, 0.717) is 18.5 Å². The van der Waals surface area contributed by atoms with E-state index in [-0.39, 0.29) is 6.04 Å². The number of nitrogens with one attached hydrogen (secondary N) is 1. The molecule has 1 saturated carbocycles. The minimum atomic E-state index is -4.12. The standard InChI is InChI=1S/C15H29F3N2/c1-12(2)8-9-20(14-6-4-5-7-14)13(3)10-19-11-15(16,17)18/h12-14,19H,4-11H2,1-3H3. The molecule has 0 bridgehead atoms. The topological polar surface area (TPSA) is 15.3 Å². The van der Waals surface area contributed by atoms with Gasteiger partial charge < -0.3 is 5.32 Å². The number of rotatable bonds is 8. The minimum Gasteiger partial charge on any atom is -0.307 e. The molecule has 120 valence electrons. The maximum absolute atomic E-state index is 12.2. The molecule has 0 radical (unpaired) electrons. The van der Waals surface area contributed by atoms with Crippen molar-refractivity contribution >= 4 is 0 Å². The van der Waals surface area contributed by atoms with E-state index in [0.717, 1.165) is 13.0 Å². The Morgan fingerprint density at radius 3 is 2.25 bits per heavy atom. The molecule has 0 spiro atoms. The second kappa shape index (κ2) is 8.23. The zero-order valence-electron chi connectivity index (χ0n) is 13.0. The van der Waals surface area contributed by atoms with Gasteiger partial charge in [0.1, 0.15) is 0 Å². The number of halogens is 3. The summed E-state index contributed by atoms with van der Waals surface area (Å²) in [5.74, 6) is 0.634. The van der Waals surface area contributed by atoms with Crippen molar-refractivity contribution in [2.45, 2.75) is 71.1 Å². The lowest BCUT2D eigenvalue weighted by molar-refractivity contribution is -0.125. The van der Waals surface area contributed by atoms with Crippen LogP contribution >= 0.6 is 0 Å². The molecule has 2 nitrogen and oxygen atoms in total. The average Bonchev–Trinajstić information content (AvgIpc) is 2.80. The first-order chi connectivity index (χ1) is 9.29. The van der Waals surface area contributed by atoms with Crippen LogP contribution in [-0.2, 0) is 0 Å². The van der Waals surface area contributed by atoms with Gasteiger partial charge in [0, 0.05) is 18.6 Å². The molecule has 1 N–H and O–H groups in total. The van der Waals surface area contributed by atoms with E-state index in [1.54, 1.807) is 0 Å². The lowest BCUT2D eigenvalue weighted by Crippen LogP contribution is -2.47. The summed E-state index contributed by atoms with van der Waals surface area (Å²) >= 11 is 0. The first kappa shape index (κ1) is 17.8. The quantitative estimate of drug-likeness (QED) is 0.732. The summed E-state index contributed by atoms with van der Waals surface area (Å²) in [5, 5.41) is 2.55. The highest BCUT2D eigenvalue weighted by Gasteiger charge is 2.29. The van der Waals surface area contributed by atoms with E-state index >= 15 is 0 Å². The zero-order valence-corrected chi connectivity index (χ0v) is 13.0. The predicted molar refractivity (Wildman–Crippen MR) is 76.8 cm³/mol. The van der Waals surface area contributed by atoms with E-state index in [4.69, 9.17) is 0 Å². The number of nitrogens with zero attached hydrogens (tertiary/aromatic N) is 1. The maximum Gasteiger partial charge on any atom is 0.401 e. The highest BCUT2D eigenvalue weighted by atomic mass is 19.4. The lowest BCUT2D eigenvalue weighted by atomic mass is 10.1. The molecule has 0 aromatic carbocycles. The van der Waals surface area contributed by atoms with E-state index in [2.05, 4.69) is 24.1 Å². The van der Waals surface area contributed by atoms with Crippen molar-refractivity contribution in [3.8, 4) is 0 Å². The van der Waals surface area contributed by atoms with Crippen LogP contribution in [0.4, 0.5) is 13.2 Å². The van der Waals surface area contributed by atoms with Crippen LogP contribution in [0.1, 0.15) is 52.9 Å². The fourth-order valence-electron chi connectivity index (χ4n) is 2.95. The molecule has 0 aromatic heterocycles. The molecule has 20 heavy (non-hydrogen) atoms. The van der Waals surface area contributed by atoms with E-state index in [1.807, 2.05) is 6.92 Å². The fourth-order valence-corrected chi connectivity index (χ4v) is 2.95. The second-order valence-electron chi connectivity index (χ2n) is 6.45. The van der Waals surface area contributed by atoms with Crippen LogP contribution in [0.5, 0.6) is 0 Å². The highest BCUT2D eigenvalue weighted by molar-refractivity contribution is 4.82. The third-order valence-electron chi connectivity index (χ3n) is 4.09. The van der Waals surface area contributed by atoms with Crippen LogP contribution in [0.2, 0.25) is 0 Å². The normalized spacial score (nSPS) is 19.2. The molecule has 0 amide bonds. The van der Waals surface area contributed by atoms with Gasteiger partial charge in [-0.2, -0.15) is 13.2 Å². The molecule has 0 aliphatic heterocycles. The van der Waals surface area contributed by atoms with Crippen molar-refractivity contribution in [2.24, 2.45) is 5.92 Å². The van der Waals surface area contributed by atoms with Gasteiger partial charge in [-0.3, -0.25) is 4.90 Å². The monoisotopic (exact) mass is 294 g/mol. The highest BCUT2D eigenvalue weighted by Crippen LogP contribution is 2.25.